The third kappa shape index (κ3) is 5.10. The van der Waals surface area contributed by atoms with Crippen molar-refractivity contribution in [2.45, 2.75) is 40.2 Å². The van der Waals surface area contributed by atoms with Crippen molar-refractivity contribution in [2.75, 3.05) is 37.7 Å². The molecule has 0 bridgehead atoms. The lowest BCUT2D eigenvalue weighted by molar-refractivity contribution is 0.154. The van der Waals surface area contributed by atoms with Crippen molar-refractivity contribution in [3.63, 3.8) is 0 Å². The summed E-state index contributed by atoms with van der Waals surface area (Å²) in [5.74, 6) is 1.07. The minimum Gasteiger partial charge on any atom is -0.380 e. The van der Waals surface area contributed by atoms with Crippen molar-refractivity contribution in [3.8, 4) is 0 Å². The summed E-state index contributed by atoms with van der Waals surface area (Å²) in [6.07, 6.45) is 3.01. The quantitative estimate of drug-likeness (QED) is 0.668. The molecule has 0 aromatic carbocycles. The Bertz CT molecular complexity index is 370. The van der Waals surface area contributed by atoms with Crippen molar-refractivity contribution in [1.29, 1.82) is 0 Å². The molecule has 0 aliphatic rings. The van der Waals surface area contributed by atoms with E-state index >= 15 is 0 Å². The largest absolute Gasteiger partial charge is 0.380 e. The second-order valence-electron chi connectivity index (χ2n) is 4.87. The van der Waals surface area contributed by atoms with Gasteiger partial charge in [-0.05, 0) is 39.8 Å². The number of ether oxygens (including phenoxy) is 1. The van der Waals surface area contributed by atoms with Gasteiger partial charge in [0.05, 0.1) is 6.61 Å². The SMILES string of the molecule is CCCNC(C)c1cccnc1N(CC)CCOCC. The molecule has 0 aliphatic carbocycles. The highest BCUT2D eigenvalue weighted by Crippen LogP contribution is 2.23. The number of aromatic nitrogens is 1. The Morgan fingerprint density at radius 2 is 2.15 bits per heavy atom. The molecule has 0 saturated heterocycles. The molecule has 0 amide bonds. The number of nitrogens with zero attached hydrogens (tertiary/aromatic N) is 2. The van der Waals surface area contributed by atoms with Crippen LogP contribution in [-0.4, -0.2) is 37.8 Å². The summed E-state index contributed by atoms with van der Waals surface area (Å²) in [6, 6.07) is 4.50. The van der Waals surface area contributed by atoms with Crippen LogP contribution in [0.15, 0.2) is 18.3 Å². The summed E-state index contributed by atoms with van der Waals surface area (Å²) in [5, 5.41) is 3.54. The van der Waals surface area contributed by atoms with Crippen LogP contribution >= 0.6 is 0 Å². The van der Waals surface area contributed by atoms with Crippen LogP contribution in [0, 0.1) is 0 Å². The molecule has 1 unspecified atom stereocenters. The first-order valence-electron chi connectivity index (χ1n) is 7.75. The molecule has 0 spiro atoms. The van der Waals surface area contributed by atoms with E-state index in [2.05, 4.69) is 42.0 Å². The Kier molecular flexibility index (Phi) is 8.23. The molecule has 1 N–H and O–H groups in total. The van der Waals surface area contributed by atoms with Gasteiger partial charge in [-0.1, -0.05) is 13.0 Å². The number of hydrogen-bond acceptors (Lipinski definition) is 4. The van der Waals surface area contributed by atoms with E-state index in [1.165, 1.54) is 5.56 Å². The number of likely N-dealkylation sites (N-methyl/N-ethyl adjacent to an activating group) is 1. The number of nitrogens with one attached hydrogen (secondary N) is 1. The third-order valence-corrected chi connectivity index (χ3v) is 3.37. The Labute approximate surface area is 123 Å². The number of rotatable bonds is 10. The standard InChI is InChI=1S/C16H29N3O/c1-5-10-17-14(4)15-9-8-11-18-16(15)19(6-2)12-13-20-7-3/h8-9,11,14,17H,5-7,10,12-13H2,1-4H3. The summed E-state index contributed by atoms with van der Waals surface area (Å²) >= 11 is 0. The average molecular weight is 279 g/mol. The van der Waals surface area contributed by atoms with Gasteiger partial charge in [0, 0.05) is 37.5 Å². The lowest BCUT2D eigenvalue weighted by Gasteiger charge is -2.26. The summed E-state index contributed by atoms with van der Waals surface area (Å²) < 4.78 is 5.47. The molecule has 4 heteroatoms. The molecule has 4 nitrogen and oxygen atoms in total. The maximum Gasteiger partial charge on any atom is 0.133 e. The Balaban J connectivity index is 2.80. The molecule has 1 aromatic rings. The molecule has 20 heavy (non-hydrogen) atoms. The van der Waals surface area contributed by atoms with Crippen molar-refractivity contribution < 1.29 is 4.74 Å². The highest BCUT2D eigenvalue weighted by atomic mass is 16.5. The highest BCUT2D eigenvalue weighted by Gasteiger charge is 2.15. The van der Waals surface area contributed by atoms with E-state index in [1.807, 2.05) is 19.2 Å². The molecule has 0 saturated carbocycles. The van der Waals surface area contributed by atoms with E-state index in [-0.39, 0.29) is 0 Å². The van der Waals surface area contributed by atoms with Gasteiger partial charge >= 0.3 is 0 Å². The maximum atomic E-state index is 5.47. The van der Waals surface area contributed by atoms with Gasteiger partial charge in [0.1, 0.15) is 5.82 Å². The molecule has 0 fully saturated rings. The summed E-state index contributed by atoms with van der Waals surface area (Å²) in [7, 11) is 0. The second kappa shape index (κ2) is 9.72. The molecule has 0 radical (unpaired) electrons. The molecular weight excluding hydrogens is 250 g/mol. The molecular formula is C16H29N3O. The normalized spacial score (nSPS) is 12.4. The average Bonchev–Trinajstić information content (AvgIpc) is 2.49. The fourth-order valence-corrected chi connectivity index (χ4v) is 2.22. The van der Waals surface area contributed by atoms with E-state index < -0.39 is 0 Å². The second-order valence-corrected chi connectivity index (χ2v) is 4.87. The van der Waals surface area contributed by atoms with Crippen LogP contribution in [0.3, 0.4) is 0 Å². The maximum absolute atomic E-state index is 5.47. The fourth-order valence-electron chi connectivity index (χ4n) is 2.22. The summed E-state index contributed by atoms with van der Waals surface area (Å²) in [5.41, 5.74) is 1.26. The van der Waals surface area contributed by atoms with Gasteiger partial charge in [0.2, 0.25) is 0 Å². The van der Waals surface area contributed by atoms with Crippen LogP contribution < -0.4 is 10.2 Å². The molecule has 1 heterocycles. The summed E-state index contributed by atoms with van der Waals surface area (Å²) in [4.78, 5) is 6.87. The van der Waals surface area contributed by atoms with Crippen molar-refractivity contribution >= 4 is 5.82 Å². The van der Waals surface area contributed by atoms with Crippen molar-refractivity contribution in [3.05, 3.63) is 23.9 Å². The van der Waals surface area contributed by atoms with E-state index in [0.717, 1.165) is 45.1 Å². The summed E-state index contributed by atoms with van der Waals surface area (Å²) in [6.45, 7) is 12.9. The van der Waals surface area contributed by atoms with Crippen LogP contribution in [0.25, 0.3) is 0 Å². The van der Waals surface area contributed by atoms with Crippen LogP contribution in [-0.2, 0) is 4.74 Å². The van der Waals surface area contributed by atoms with Crippen molar-refractivity contribution in [1.82, 2.24) is 10.3 Å². The van der Waals surface area contributed by atoms with E-state index in [4.69, 9.17) is 4.74 Å². The zero-order chi connectivity index (χ0) is 14.8. The molecule has 114 valence electrons. The van der Waals surface area contributed by atoms with Gasteiger partial charge in [-0.3, -0.25) is 0 Å². The van der Waals surface area contributed by atoms with Gasteiger partial charge < -0.3 is 15.0 Å². The zero-order valence-corrected chi connectivity index (χ0v) is 13.4. The molecule has 1 aromatic heterocycles. The first kappa shape index (κ1) is 16.9. The zero-order valence-electron chi connectivity index (χ0n) is 13.4. The van der Waals surface area contributed by atoms with Crippen LogP contribution in [0.2, 0.25) is 0 Å². The molecule has 1 rings (SSSR count). The number of pyridine rings is 1. The lowest BCUT2D eigenvalue weighted by atomic mass is 10.1. The van der Waals surface area contributed by atoms with Crippen LogP contribution in [0.4, 0.5) is 5.82 Å². The monoisotopic (exact) mass is 279 g/mol. The predicted octanol–water partition coefficient (Wildman–Crippen LogP) is 3.01. The minimum atomic E-state index is 0.319. The van der Waals surface area contributed by atoms with Crippen LogP contribution in [0.1, 0.15) is 45.7 Å². The smallest absolute Gasteiger partial charge is 0.133 e. The first-order chi connectivity index (χ1) is 9.74. The Hall–Kier alpha value is -1.13. The third-order valence-electron chi connectivity index (χ3n) is 3.37. The van der Waals surface area contributed by atoms with Gasteiger partial charge in [0.15, 0.2) is 0 Å². The van der Waals surface area contributed by atoms with Gasteiger partial charge in [-0.2, -0.15) is 0 Å². The van der Waals surface area contributed by atoms with Crippen molar-refractivity contribution in [2.24, 2.45) is 0 Å². The topological polar surface area (TPSA) is 37.4 Å². The minimum absolute atomic E-state index is 0.319. The molecule has 1 atom stereocenters. The predicted molar refractivity (Wildman–Crippen MR) is 85.3 cm³/mol. The Morgan fingerprint density at radius 3 is 2.80 bits per heavy atom. The Morgan fingerprint density at radius 1 is 1.35 bits per heavy atom. The van der Waals surface area contributed by atoms with E-state index in [9.17, 15) is 0 Å². The number of anilines is 1. The van der Waals surface area contributed by atoms with Gasteiger partial charge in [-0.25, -0.2) is 4.98 Å². The van der Waals surface area contributed by atoms with Gasteiger partial charge in [-0.15, -0.1) is 0 Å². The van der Waals surface area contributed by atoms with E-state index in [1.54, 1.807) is 0 Å². The fraction of sp³-hybridized carbons (Fsp3) is 0.688. The number of hydrogen-bond donors (Lipinski definition) is 1. The molecule has 0 aliphatic heterocycles. The van der Waals surface area contributed by atoms with Crippen LogP contribution in [0.5, 0.6) is 0 Å². The first-order valence-corrected chi connectivity index (χ1v) is 7.75. The highest BCUT2D eigenvalue weighted by molar-refractivity contribution is 5.48. The van der Waals surface area contributed by atoms with E-state index in [0.29, 0.717) is 6.04 Å². The van der Waals surface area contributed by atoms with Gasteiger partial charge in [0.25, 0.3) is 0 Å². The lowest BCUT2D eigenvalue weighted by Crippen LogP contribution is -2.30.